The molecule has 2 N–H and O–H groups in total. The van der Waals surface area contributed by atoms with Crippen LogP contribution >= 0.6 is 11.6 Å². The standard InChI is InChI=1S/C11H13ClFNO2/c1-14-10(11(15)16)5-3-7-2-4-8(12)6-9(7)13/h2,4,6,10,14H,3,5H2,1H3,(H,15,16)/t10-/m0/s1. The highest BCUT2D eigenvalue weighted by atomic mass is 35.5. The first-order chi connectivity index (χ1) is 7.54. The molecule has 16 heavy (non-hydrogen) atoms. The fraction of sp³-hybridized carbons (Fsp3) is 0.364. The van der Waals surface area contributed by atoms with E-state index in [4.69, 9.17) is 16.7 Å². The van der Waals surface area contributed by atoms with E-state index >= 15 is 0 Å². The summed E-state index contributed by atoms with van der Waals surface area (Å²) in [6, 6.07) is 3.74. The van der Waals surface area contributed by atoms with Crippen molar-refractivity contribution >= 4 is 17.6 Å². The zero-order valence-corrected chi connectivity index (χ0v) is 9.59. The summed E-state index contributed by atoms with van der Waals surface area (Å²) in [6.07, 6.45) is 0.700. The molecule has 0 heterocycles. The van der Waals surface area contributed by atoms with E-state index in [2.05, 4.69) is 5.32 Å². The van der Waals surface area contributed by atoms with Gasteiger partial charge in [0.25, 0.3) is 0 Å². The lowest BCUT2D eigenvalue weighted by molar-refractivity contribution is -0.139. The Morgan fingerprint density at radius 3 is 2.81 bits per heavy atom. The second-order valence-corrected chi connectivity index (χ2v) is 3.89. The number of carbonyl (C=O) groups is 1. The molecule has 3 nitrogen and oxygen atoms in total. The summed E-state index contributed by atoms with van der Waals surface area (Å²) in [7, 11) is 1.57. The van der Waals surface area contributed by atoms with Gasteiger partial charge in [0.15, 0.2) is 0 Å². The number of aryl methyl sites for hydroxylation is 1. The van der Waals surface area contributed by atoms with Crippen LogP contribution in [0.1, 0.15) is 12.0 Å². The van der Waals surface area contributed by atoms with Gasteiger partial charge in [-0.3, -0.25) is 4.79 Å². The van der Waals surface area contributed by atoms with E-state index < -0.39 is 17.8 Å². The molecule has 0 aromatic heterocycles. The quantitative estimate of drug-likeness (QED) is 0.835. The molecule has 0 spiro atoms. The lowest BCUT2D eigenvalue weighted by atomic mass is 10.0. The summed E-state index contributed by atoms with van der Waals surface area (Å²) in [5.41, 5.74) is 0.478. The van der Waals surface area contributed by atoms with E-state index in [9.17, 15) is 9.18 Å². The summed E-state index contributed by atoms with van der Waals surface area (Å²) in [5.74, 6) is -1.33. The minimum atomic E-state index is -0.933. The minimum absolute atomic E-state index is 0.338. The molecule has 0 saturated heterocycles. The number of hydrogen-bond acceptors (Lipinski definition) is 2. The molecule has 1 aromatic rings. The van der Waals surface area contributed by atoms with Crippen molar-refractivity contribution in [2.75, 3.05) is 7.05 Å². The van der Waals surface area contributed by atoms with E-state index in [-0.39, 0.29) is 0 Å². The molecule has 0 aliphatic heterocycles. The molecule has 0 amide bonds. The number of carboxylic acids is 1. The topological polar surface area (TPSA) is 49.3 Å². The average molecular weight is 246 g/mol. The van der Waals surface area contributed by atoms with E-state index in [1.165, 1.54) is 6.07 Å². The zero-order chi connectivity index (χ0) is 12.1. The van der Waals surface area contributed by atoms with Crippen LogP contribution in [0.3, 0.4) is 0 Å². The van der Waals surface area contributed by atoms with Crippen LogP contribution in [0.15, 0.2) is 18.2 Å². The van der Waals surface area contributed by atoms with Gasteiger partial charge < -0.3 is 10.4 Å². The summed E-state index contributed by atoms with van der Waals surface area (Å²) < 4.78 is 13.4. The number of likely N-dealkylation sites (N-methyl/N-ethyl adjacent to an activating group) is 1. The molecule has 0 aliphatic rings. The predicted molar refractivity (Wildman–Crippen MR) is 60.2 cm³/mol. The Kier molecular flexibility index (Phi) is 4.71. The van der Waals surface area contributed by atoms with Crippen molar-refractivity contribution in [1.29, 1.82) is 0 Å². The van der Waals surface area contributed by atoms with E-state index in [1.807, 2.05) is 0 Å². The molecule has 1 atom stereocenters. The number of nitrogens with one attached hydrogen (secondary N) is 1. The Hall–Kier alpha value is -1.13. The highest BCUT2D eigenvalue weighted by Gasteiger charge is 2.15. The molecule has 1 rings (SSSR count). The van der Waals surface area contributed by atoms with Gasteiger partial charge in [-0.2, -0.15) is 0 Å². The van der Waals surface area contributed by atoms with Crippen LogP contribution in [0, 0.1) is 5.82 Å². The molecule has 88 valence electrons. The van der Waals surface area contributed by atoms with Crippen LogP contribution in [0.4, 0.5) is 4.39 Å². The normalized spacial score (nSPS) is 12.4. The van der Waals surface area contributed by atoms with Gasteiger partial charge in [0.05, 0.1) is 0 Å². The highest BCUT2D eigenvalue weighted by molar-refractivity contribution is 6.30. The van der Waals surface area contributed by atoms with E-state index in [1.54, 1.807) is 19.2 Å². The first-order valence-electron chi connectivity index (χ1n) is 4.88. The smallest absolute Gasteiger partial charge is 0.320 e. The molecule has 0 saturated carbocycles. The van der Waals surface area contributed by atoms with Gasteiger partial charge >= 0.3 is 5.97 Å². The first kappa shape index (κ1) is 12.9. The lowest BCUT2D eigenvalue weighted by Gasteiger charge is -2.11. The number of benzene rings is 1. The SMILES string of the molecule is CN[C@@H](CCc1ccc(Cl)cc1F)C(=O)O. The van der Waals surface area contributed by atoms with E-state index in [0.717, 1.165) is 0 Å². The third-order valence-electron chi connectivity index (χ3n) is 2.36. The van der Waals surface area contributed by atoms with Crippen molar-refractivity contribution < 1.29 is 14.3 Å². The average Bonchev–Trinajstić information content (AvgIpc) is 2.21. The lowest BCUT2D eigenvalue weighted by Crippen LogP contribution is -2.34. The Bertz CT molecular complexity index is 384. The second-order valence-electron chi connectivity index (χ2n) is 3.45. The van der Waals surface area contributed by atoms with Gasteiger partial charge in [0, 0.05) is 5.02 Å². The van der Waals surface area contributed by atoms with Crippen LogP contribution in [0.5, 0.6) is 0 Å². The van der Waals surface area contributed by atoms with Crippen LogP contribution in [-0.4, -0.2) is 24.2 Å². The van der Waals surface area contributed by atoms with Gasteiger partial charge in [-0.05, 0) is 37.6 Å². The van der Waals surface area contributed by atoms with Crippen LogP contribution in [0.25, 0.3) is 0 Å². The third-order valence-corrected chi connectivity index (χ3v) is 2.60. The number of rotatable bonds is 5. The van der Waals surface area contributed by atoms with Gasteiger partial charge in [0.1, 0.15) is 11.9 Å². The summed E-state index contributed by atoms with van der Waals surface area (Å²) in [4.78, 5) is 10.7. The predicted octanol–water partition coefficient (Wildman–Crippen LogP) is 2.08. The largest absolute Gasteiger partial charge is 0.480 e. The molecule has 0 bridgehead atoms. The van der Waals surface area contributed by atoms with Gasteiger partial charge in [-0.25, -0.2) is 4.39 Å². The number of carboxylic acid groups (broad SMARTS) is 1. The number of halogens is 2. The minimum Gasteiger partial charge on any atom is -0.480 e. The van der Waals surface area contributed by atoms with Crippen molar-refractivity contribution in [2.45, 2.75) is 18.9 Å². The van der Waals surface area contributed by atoms with Crippen LogP contribution in [-0.2, 0) is 11.2 Å². The molecule has 1 aromatic carbocycles. The Morgan fingerprint density at radius 2 is 2.31 bits per heavy atom. The fourth-order valence-corrected chi connectivity index (χ4v) is 1.57. The highest BCUT2D eigenvalue weighted by Crippen LogP contribution is 2.16. The molecular weight excluding hydrogens is 233 g/mol. The summed E-state index contributed by atoms with van der Waals surface area (Å²) in [6.45, 7) is 0. The van der Waals surface area contributed by atoms with Crippen molar-refractivity contribution in [3.8, 4) is 0 Å². The van der Waals surface area contributed by atoms with Crippen molar-refractivity contribution in [3.05, 3.63) is 34.6 Å². The van der Waals surface area contributed by atoms with E-state index in [0.29, 0.717) is 23.4 Å². The Morgan fingerprint density at radius 1 is 1.62 bits per heavy atom. The maximum atomic E-state index is 13.4. The molecule has 0 unspecified atom stereocenters. The summed E-state index contributed by atoms with van der Waals surface area (Å²) in [5, 5.41) is 11.8. The zero-order valence-electron chi connectivity index (χ0n) is 8.84. The van der Waals surface area contributed by atoms with Crippen molar-refractivity contribution in [1.82, 2.24) is 5.32 Å². The van der Waals surface area contributed by atoms with Crippen LogP contribution in [0.2, 0.25) is 5.02 Å². The molecular formula is C11H13ClFNO2. The van der Waals surface area contributed by atoms with Gasteiger partial charge in [-0.1, -0.05) is 17.7 Å². The second kappa shape index (κ2) is 5.82. The fourth-order valence-electron chi connectivity index (χ4n) is 1.42. The molecule has 5 heteroatoms. The first-order valence-corrected chi connectivity index (χ1v) is 5.26. The third kappa shape index (κ3) is 3.47. The molecule has 0 radical (unpaired) electrons. The summed E-state index contributed by atoms with van der Waals surface area (Å²) >= 11 is 5.61. The molecule has 0 aliphatic carbocycles. The Labute approximate surface area is 98.2 Å². The number of aliphatic carboxylic acids is 1. The van der Waals surface area contributed by atoms with Crippen LogP contribution < -0.4 is 5.32 Å². The number of hydrogen-bond donors (Lipinski definition) is 2. The van der Waals surface area contributed by atoms with Crippen molar-refractivity contribution in [3.63, 3.8) is 0 Å². The van der Waals surface area contributed by atoms with Gasteiger partial charge in [-0.15, -0.1) is 0 Å². The maximum absolute atomic E-state index is 13.4. The van der Waals surface area contributed by atoms with Gasteiger partial charge in [0.2, 0.25) is 0 Å². The monoisotopic (exact) mass is 245 g/mol. The van der Waals surface area contributed by atoms with Crippen molar-refractivity contribution in [2.24, 2.45) is 0 Å². The maximum Gasteiger partial charge on any atom is 0.320 e. The molecule has 0 fully saturated rings. The Balaban J connectivity index is 2.63.